The van der Waals surface area contributed by atoms with Crippen LogP contribution in [-0.4, -0.2) is 57.5 Å². The Morgan fingerprint density at radius 2 is 2.15 bits per heavy atom. The fourth-order valence-electron chi connectivity index (χ4n) is 1.55. The maximum Gasteiger partial charge on any atom is 0.323 e. The lowest BCUT2D eigenvalue weighted by molar-refractivity contribution is -0.137. The van der Waals surface area contributed by atoms with Crippen molar-refractivity contribution in [1.29, 1.82) is 0 Å². The molecule has 0 atom stereocenters. The zero-order chi connectivity index (χ0) is 15.0. The van der Waals surface area contributed by atoms with Crippen LogP contribution in [-0.2, 0) is 16.0 Å². The quantitative estimate of drug-likeness (QED) is 0.449. The van der Waals surface area contributed by atoms with Crippen molar-refractivity contribution >= 4 is 17.9 Å². The Morgan fingerprint density at radius 3 is 2.70 bits per heavy atom. The van der Waals surface area contributed by atoms with E-state index in [2.05, 4.69) is 15.3 Å². The van der Waals surface area contributed by atoms with Gasteiger partial charge in [-0.3, -0.25) is 9.59 Å². The molecule has 5 N–H and O–H groups in total. The lowest BCUT2D eigenvalue weighted by Crippen LogP contribution is -2.46. The number of imidazole rings is 1. The molecule has 9 heteroatoms. The van der Waals surface area contributed by atoms with Crippen molar-refractivity contribution < 1.29 is 19.5 Å². The summed E-state index contributed by atoms with van der Waals surface area (Å²) in [6, 6.07) is -0.634. The average molecular weight is 283 g/mol. The van der Waals surface area contributed by atoms with E-state index in [0.29, 0.717) is 19.4 Å². The maximum atomic E-state index is 11.7. The number of carbonyl (C=O) groups excluding carboxylic acids is 2. The number of rotatable bonds is 8. The van der Waals surface area contributed by atoms with E-state index in [-0.39, 0.29) is 0 Å². The normalized spacial score (nSPS) is 10.0. The van der Waals surface area contributed by atoms with Gasteiger partial charge in [-0.25, -0.2) is 9.78 Å². The van der Waals surface area contributed by atoms with Gasteiger partial charge in [0.05, 0.1) is 0 Å². The molecule has 0 saturated carbocycles. The molecule has 3 amide bonds. The van der Waals surface area contributed by atoms with Crippen LogP contribution in [0.3, 0.4) is 0 Å². The molecule has 0 aliphatic rings. The number of carboxylic acids is 1. The molecule has 20 heavy (non-hydrogen) atoms. The van der Waals surface area contributed by atoms with Crippen LogP contribution in [0.25, 0.3) is 0 Å². The summed E-state index contributed by atoms with van der Waals surface area (Å²) in [7, 11) is 0. The summed E-state index contributed by atoms with van der Waals surface area (Å²) in [5, 5.41) is 11.2. The van der Waals surface area contributed by atoms with Crippen LogP contribution in [0.5, 0.6) is 0 Å². The predicted octanol–water partition coefficient (Wildman–Crippen LogP) is -1.08. The zero-order valence-electron chi connectivity index (χ0n) is 10.8. The SMILES string of the molecule is NC(=O)CN(CC(=O)O)C(=O)NCCCc1ncc[nH]1. The number of aliphatic carboxylic acids is 1. The molecule has 9 nitrogen and oxygen atoms in total. The molecular weight excluding hydrogens is 266 g/mol. The molecule has 0 fully saturated rings. The second-order valence-electron chi connectivity index (χ2n) is 4.09. The van der Waals surface area contributed by atoms with Crippen molar-refractivity contribution in [2.45, 2.75) is 12.8 Å². The molecule has 110 valence electrons. The van der Waals surface area contributed by atoms with Crippen molar-refractivity contribution in [1.82, 2.24) is 20.2 Å². The number of nitrogens with two attached hydrogens (primary N) is 1. The summed E-state index contributed by atoms with van der Waals surface area (Å²) in [4.78, 5) is 40.9. The van der Waals surface area contributed by atoms with E-state index in [9.17, 15) is 14.4 Å². The third kappa shape index (κ3) is 5.85. The van der Waals surface area contributed by atoms with Gasteiger partial charge in [0, 0.05) is 25.4 Å². The first-order valence-electron chi connectivity index (χ1n) is 6.00. The van der Waals surface area contributed by atoms with E-state index in [1.54, 1.807) is 12.4 Å². The van der Waals surface area contributed by atoms with Crippen LogP contribution in [0.4, 0.5) is 4.79 Å². The molecule has 0 unspecified atom stereocenters. The summed E-state index contributed by atoms with van der Waals surface area (Å²) in [5.41, 5.74) is 4.96. The maximum absolute atomic E-state index is 11.7. The number of amides is 3. The molecule has 0 radical (unpaired) electrons. The number of aryl methyl sites for hydroxylation is 1. The van der Waals surface area contributed by atoms with E-state index in [4.69, 9.17) is 10.8 Å². The zero-order valence-corrected chi connectivity index (χ0v) is 10.8. The summed E-state index contributed by atoms with van der Waals surface area (Å²) in [5.74, 6) is -1.17. The minimum absolute atomic E-state index is 0.342. The third-order valence-electron chi connectivity index (χ3n) is 2.38. The van der Waals surface area contributed by atoms with Crippen molar-refractivity contribution in [2.75, 3.05) is 19.6 Å². The first kappa shape index (κ1) is 15.5. The van der Waals surface area contributed by atoms with E-state index in [1.165, 1.54) is 0 Å². The van der Waals surface area contributed by atoms with Crippen LogP contribution in [0.2, 0.25) is 0 Å². The Bertz CT molecular complexity index is 443. The monoisotopic (exact) mass is 283 g/mol. The van der Waals surface area contributed by atoms with Crippen LogP contribution in [0.15, 0.2) is 12.4 Å². The molecule has 1 aromatic heterocycles. The number of nitrogens with zero attached hydrogens (tertiary/aromatic N) is 2. The van der Waals surface area contributed by atoms with Gasteiger partial charge in [-0.2, -0.15) is 0 Å². The van der Waals surface area contributed by atoms with Crippen LogP contribution in [0, 0.1) is 0 Å². The standard InChI is InChI=1S/C11H17N5O4/c12-8(17)6-16(7-10(18)19)11(20)15-3-1-2-9-13-4-5-14-9/h4-5H,1-3,6-7H2,(H2,12,17)(H,13,14)(H,15,20)(H,18,19). The van der Waals surface area contributed by atoms with Gasteiger partial charge in [-0.05, 0) is 6.42 Å². The molecular formula is C11H17N5O4. The van der Waals surface area contributed by atoms with Gasteiger partial charge in [0.2, 0.25) is 5.91 Å². The van der Waals surface area contributed by atoms with Gasteiger partial charge >= 0.3 is 12.0 Å². The van der Waals surface area contributed by atoms with Crippen molar-refractivity contribution in [3.8, 4) is 0 Å². The number of H-pyrrole nitrogens is 1. The average Bonchev–Trinajstić information content (AvgIpc) is 2.85. The summed E-state index contributed by atoms with van der Waals surface area (Å²) in [6.45, 7) is -0.669. The smallest absolute Gasteiger partial charge is 0.323 e. The molecule has 0 spiro atoms. The number of aromatic amines is 1. The number of hydrogen-bond acceptors (Lipinski definition) is 4. The molecule has 0 bridgehead atoms. The number of carbonyl (C=O) groups is 3. The highest BCUT2D eigenvalue weighted by molar-refractivity contribution is 5.85. The lowest BCUT2D eigenvalue weighted by Gasteiger charge is -2.19. The highest BCUT2D eigenvalue weighted by atomic mass is 16.4. The Labute approximate surface area is 115 Å². The second kappa shape index (κ2) is 7.77. The fourth-order valence-corrected chi connectivity index (χ4v) is 1.55. The summed E-state index contributed by atoms with van der Waals surface area (Å²) < 4.78 is 0. The molecule has 0 aliphatic heterocycles. The molecule has 0 saturated heterocycles. The van der Waals surface area contributed by atoms with E-state index in [1.807, 2.05) is 0 Å². The molecule has 1 rings (SSSR count). The lowest BCUT2D eigenvalue weighted by atomic mass is 10.3. The van der Waals surface area contributed by atoms with Crippen molar-refractivity contribution in [2.24, 2.45) is 5.73 Å². The predicted molar refractivity (Wildman–Crippen MR) is 68.7 cm³/mol. The Hall–Kier alpha value is -2.58. The van der Waals surface area contributed by atoms with Gasteiger partial charge in [-0.15, -0.1) is 0 Å². The number of carboxylic acid groups (broad SMARTS) is 1. The van der Waals surface area contributed by atoms with E-state index >= 15 is 0 Å². The van der Waals surface area contributed by atoms with Gasteiger partial charge in [0.15, 0.2) is 0 Å². The Morgan fingerprint density at radius 1 is 1.40 bits per heavy atom. The molecule has 1 heterocycles. The fraction of sp³-hybridized carbons (Fsp3) is 0.455. The largest absolute Gasteiger partial charge is 0.480 e. The van der Waals surface area contributed by atoms with Crippen LogP contribution < -0.4 is 11.1 Å². The number of aromatic nitrogens is 2. The van der Waals surface area contributed by atoms with E-state index < -0.39 is 31.0 Å². The van der Waals surface area contributed by atoms with Crippen LogP contribution >= 0.6 is 0 Å². The number of urea groups is 1. The van der Waals surface area contributed by atoms with Crippen molar-refractivity contribution in [3.63, 3.8) is 0 Å². The summed E-state index contributed by atoms with van der Waals surface area (Å²) in [6.07, 6.45) is 4.63. The highest BCUT2D eigenvalue weighted by Crippen LogP contribution is 1.95. The first-order valence-corrected chi connectivity index (χ1v) is 6.00. The molecule has 0 aliphatic carbocycles. The van der Waals surface area contributed by atoms with Gasteiger partial charge in [-0.1, -0.05) is 0 Å². The van der Waals surface area contributed by atoms with Gasteiger partial charge in [0.25, 0.3) is 0 Å². The minimum Gasteiger partial charge on any atom is -0.480 e. The molecule has 1 aromatic rings. The number of primary amides is 1. The molecule has 0 aromatic carbocycles. The van der Waals surface area contributed by atoms with Gasteiger partial charge < -0.3 is 26.0 Å². The number of nitrogens with one attached hydrogen (secondary N) is 2. The van der Waals surface area contributed by atoms with Gasteiger partial charge in [0.1, 0.15) is 18.9 Å². The van der Waals surface area contributed by atoms with Crippen LogP contribution in [0.1, 0.15) is 12.2 Å². The Kier molecular flexibility index (Phi) is 6.01. The Balaban J connectivity index is 2.33. The highest BCUT2D eigenvalue weighted by Gasteiger charge is 2.18. The number of hydrogen-bond donors (Lipinski definition) is 4. The second-order valence-corrected chi connectivity index (χ2v) is 4.09. The first-order chi connectivity index (χ1) is 9.49. The minimum atomic E-state index is -1.21. The van der Waals surface area contributed by atoms with Crippen molar-refractivity contribution in [3.05, 3.63) is 18.2 Å². The third-order valence-corrected chi connectivity index (χ3v) is 2.38. The topological polar surface area (TPSA) is 141 Å². The summed E-state index contributed by atoms with van der Waals surface area (Å²) >= 11 is 0. The van der Waals surface area contributed by atoms with E-state index in [0.717, 1.165) is 10.7 Å².